The van der Waals surface area contributed by atoms with Crippen molar-refractivity contribution >= 4 is 23.8 Å². The van der Waals surface area contributed by atoms with E-state index < -0.39 is 47.3 Å². The van der Waals surface area contributed by atoms with Crippen molar-refractivity contribution in [3.63, 3.8) is 0 Å². The molecule has 1 aromatic carbocycles. The summed E-state index contributed by atoms with van der Waals surface area (Å²) in [5.41, 5.74) is -0.471. The molecule has 0 aliphatic carbocycles. The van der Waals surface area contributed by atoms with E-state index in [0.29, 0.717) is 12.8 Å². The van der Waals surface area contributed by atoms with Gasteiger partial charge in [0.1, 0.15) is 6.61 Å². The Labute approximate surface area is 164 Å². The highest BCUT2D eigenvalue weighted by atomic mass is 19.2. The number of rotatable bonds is 4. The zero-order chi connectivity index (χ0) is 21.1. The molecule has 0 bridgehead atoms. The van der Waals surface area contributed by atoms with Crippen LogP contribution in [0.5, 0.6) is 0 Å². The molecule has 3 rings (SSSR count). The van der Waals surface area contributed by atoms with Crippen LogP contribution in [0.3, 0.4) is 0 Å². The van der Waals surface area contributed by atoms with Gasteiger partial charge in [-0.05, 0) is 31.9 Å². The van der Waals surface area contributed by atoms with Crippen molar-refractivity contribution in [1.82, 2.24) is 9.80 Å². The summed E-state index contributed by atoms with van der Waals surface area (Å²) in [7, 11) is 0. The molecule has 2 saturated heterocycles. The standard InChI is InChI=1S/C18H20F3N3O5/c1-2-28-16(25)13-9-29-18(27)24(13)10-5-7-23(8-6-10)17(26)22-12-4-3-11(19)14(20)15(12)21/h3-4,10,13H,2,5-9H2,1H3,(H,22,26)/t13-/m0/s1. The van der Waals surface area contributed by atoms with Gasteiger partial charge in [0.25, 0.3) is 0 Å². The molecule has 2 fully saturated rings. The van der Waals surface area contributed by atoms with Gasteiger partial charge in [-0.1, -0.05) is 0 Å². The number of carbonyl (C=O) groups excluding carboxylic acids is 3. The van der Waals surface area contributed by atoms with Crippen molar-refractivity contribution in [3.8, 4) is 0 Å². The van der Waals surface area contributed by atoms with Crippen LogP contribution in [0.15, 0.2) is 12.1 Å². The Morgan fingerprint density at radius 3 is 2.55 bits per heavy atom. The van der Waals surface area contributed by atoms with Gasteiger partial charge in [0.15, 0.2) is 23.5 Å². The first-order chi connectivity index (χ1) is 13.8. The molecule has 2 heterocycles. The molecule has 11 heteroatoms. The normalized spacial score (nSPS) is 19.9. The first kappa shape index (κ1) is 20.7. The number of amides is 3. The molecule has 0 spiro atoms. The van der Waals surface area contributed by atoms with Crippen LogP contribution in [-0.2, 0) is 14.3 Å². The van der Waals surface area contributed by atoms with Gasteiger partial charge in [-0.3, -0.25) is 4.90 Å². The number of urea groups is 1. The molecule has 0 aromatic heterocycles. The van der Waals surface area contributed by atoms with Gasteiger partial charge in [0.05, 0.1) is 12.3 Å². The number of ether oxygens (including phenoxy) is 2. The molecule has 0 saturated carbocycles. The minimum Gasteiger partial charge on any atom is -0.464 e. The number of cyclic esters (lactones) is 1. The zero-order valence-electron chi connectivity index (χ0n) is 15.6. The van der Waals surface area contributed by atoms with Crippen molar-refractivity contribution in [3.05, 3.63) is 29.6 Å². The summed E-state index contributed by atoms with van der Waals surface area (Å²) in [5, 5.41) is 2.21. The summed E-state index contributed by atoms with van der Waals surface area (Å²) in [6.45, 7) is 2.17. The number of nitrogens with zero attached hydrogens (tertiary/aromatic N) is 2. The largest absolute Gasteiger partial charge is 0.464 e. The van der Waals surface area contributed by atoms with Gasteiger partial charge in [0, 0.05) is 19.1 Å². The van der Waals surface area contributed by atoms with E-state index in [0.717, 1.165) is 12.1 Å². The average molecular weight is 415 g/mol. The van der Waals surface area contributed by atoms with Crippen molar-refractivity contribution in [2.24, 2.45) is 0 Å². The van der Waals surface area contributed by atoms with Crippen LogP contribution in [0, 0.1) is 17.5 Å². The molecular weight excluding hydrogens is 395 g/mol. The fourth-order valence-electron chi connectivity index (χ4n) is 3.42. The third kappa shape index (κ3) is 4.22. The van der Waals surface area contributed by atoms with Gasteiger partial charge >= 0.3 is 18.1 Å². The predicted octanol–water partition coefficient (Wildman–Crippen LogP) is 2.48. The molecule has 2 aliphatic rings. The quantitative estimate of drug-likeness (QED) is 0.603. The van der Waals surface area contributed by atoms with E-state index >= 15 is 0 Å². The van der Waals surface area contributed by atoms with E-state index in [1.807, 2.05) is 0 Å². The summed E-state index contributed by atoms with van der Waals surface area (Å²) < 4.78 is 50.0. The molecular formula is C18H20F3N3O5. The summed E-state index contributed by atoms with van der Waals surface area (Å²) in [6, 6.07) is -0.191. The molecule has 1 aromatic rings. The molecule has 29 heavy (non-hydrogen) atoms. The average Bonchev–Trinajstić information content (AvgIpc) is 3.10. The maximum Gasteiger partial charge on any atom is 0.410 e. The highest BCUT2D eigenvalue weighted by molar-refractivity contribution is 5.89. The fraction of sp³-hybridized carbons (Fsp3) is 0.500. The Kier molecular flexibility index (Phi) is 6.14. The van der Waals surface area contributed by atoms with Crippen LogP contribution in [0.4, 0.5) is 28.4 Å². The summed E-state index contributed by atoms with van der Waals surface area (Å²) in [4.78, 5) is 39.1. The molecule has 1 N–H and O–H groups in total. The van der Waals surface area contributed by atoms with Gasteiger partial charge in [-0.15, -0.1) is 0 Å². The lowest BCUT2D eigenvalue weighted by atomic mass is 10.0. The third-order valence-corrected chi connectivity index (χ3v) is 4.89. The van der Waals surface area contributed by atoms with Crippen molar-refractivity contribution in [1.29, 1.82) is 0 Å². The second kappa shape index (κ2) is 8.58. The predicted molar refractivity (Wildman–Crippen MR) is 93.5 cm³/mol. The number of halogens is 3. The van der Waals surface area contributed by atoms with Crippen molar-refractivity contribution in [2.45, 2.75) is 31.8 Å². The number of esters is 1. The van der Waals surface area contributed by atoms with E-state index in [4.69, 9.17) is 9.47 Å². The molecule has 2 aliphatic heterocycles. The monoisotopic (exact) mass is 415 g/mol. The second-order valence-electron chi connectivity index (χ2n) is 6.62. The van der Waals surface area contributed by atoms with Crippen molar-refractivity contribution in [2.75, 3.05) is 31.6 Å². The Bertz CT molecular complexity index is 814. The first-order valence-corrected chi connectivity index (χ1v) is 9.14. The van der Waals surface area contributed by atoms with Crippen LogP contribution in [-0.4, -0.2) is 66.3 Å². The molecule has 3 amide bonds. The van der Waals surface area contributed by atoms with Crippen LogP contribution in [0.1, 0.15) is 19.8 Å². The van der Waals surface area contributed by atoms with E-state index in [9.17, 15) is 27.6 Å². The number of piperidine rings is 1. The van der Waals surface area contributed by atoms with E-state index in [2.05, 4.69) is 5.32 Å². The third-order valence-electron chi connectivity index (χ3n) is 4.89. The summed E-state index contributed by atoms with van der Waals surface area (Å²) >= 11 is 0. The lowest BCUT2D eigenvalue weighted by Gasteiger charge is -2.37. The number of anilines is 1. The molecule has 1 atom stereocenters. The number of likely N-dealkylation sites (tertiary alicyclic amines) is 1. The minimum atomic E-state index is -1.67. The van der Waals surface area contributed by atoms with Crippen LogP contribution in [0.2, 0.25) is 0 Å². The molecule has 158 valence electrons. The van der Waals surface area contributed by atoms with E-state index in [-0.39, 0.29) is 32.3 Å². The Hall–Kier alpha value is -2.98. The van der Waals surface area contributed by atoms with Gasteiger partial charge in [0.2, 0.25) is 0 Å². The minimum absolute atomic E-state index is 0.0895. The summed E-state index contributed by atoms with van der Waals surface area (Å²) in [5.74, 6) is -5.05. The fourth-order valence-corrected chi connectivity index (χ4v) is 3.42. The molecule has 8 nitrogen and oxygen atoms in total. The van der Waals surface area contributed by atoms with Crippen LogP contribution in [0.25, 0.3) is 0 Å². The first-order valence-electron chi connectivity index (χ1n) is 9.14. The highest BCUT2D eigenvalue weighted by Crippen LogP contribution is 2.26. The lowest BCUT2D eigenvalue weighted by molar-refractivity contribution is -0.148. The maximum absolute atomic E-state index is 13.7. The number of hydrogen-bond acceptors (Lipinski definition) is 5. The Morgan fingerprint density at radius 2 is 1.90 bits per heavy atom. The number of carbonyl (C=O) groups is 3. The summed E-state index contributed by atoms with van der Waals surface area (Å²) in [6.07, 6.45) is 0.104. The van der Waals surface area contributed by atoms with E-state index in [1.54, 1.807) is 6.92 Å². The highest BCUT2D eigenvalue weighted by Gasteiger charge is 2.44. The van der Waals surface area contributed by atoms with Crippen molar-refractivity contribution < 1.29 is 37.0 Å². The maximum atomic E-state index is 13.7. The Morgan fingerprint density at radius 1 is 1.21 bits per heavy atom. The SMILES string of the molecule is CCOC(=O)[C@@H]1COC(=O)N1C1CCN(C(=O)Nc2ccc(F)c(F)c2F)CC1. The van der Waals surface area contributed by atoms with E-state index in [1.165, 1.54) is 9.80 Å². The lowest BCUT2D eigenvalue weighted by Crippen LogP contribution is -2.52. The van der Waals surface area contributed by atoms with Gasteiger partial charge in [-0.2, -0.15) is 0 Å². The van der Waals surface area contributed by atoms with Crippen LogP contribution < -0.4 is 5.32 Å². The molecule has 0 radical (unpaired) electrons. The van der Waals surface area contributed by atoms with Crippen LogP contribution >= 0.6 is 0 Å². The zero-order valence-corrected chi connectivity index (χ0v) is 15.6. The van der Waals surface area contributed by atoms with Gasteiger partial charge < -0.3 is 19.7 Å². The van der Waals surface area contributed by atoms with Gasteiger partial charge in [-0.25, -0.2) is 27.6 Å². The molecule has 0 unspecified atom stereocenters. The topological polar surface area (TPSA) is 88.2 Å². The number of nitrogens with one attached hydrogen (secondary N) is 1. The Balaban J connectivity index is 1.60. The number of hydrogen-bond donors (Lipinski definition) is 1. The number of benzene rings is 1. The second-order valence-corrected chi connectivity index (χ2v) is 6.62. The smallest absolute Gasteiger partial charge is 0.410 e.